The second kappa shape index (κ2) is 68.9. The van der Waals surface area contributed by atoms with Gasteiger partial charge in [0.05, 0.1) is 74.2 Å². The van der Waals surface area contributed by atoms with E-state index in [0.717, 1.165) is 28.7 Å². The monoisotopic (exact) mass is 2050 g/mol. The second-order valence-corrected chi connectivity index (χ2v) is 35.8. The van der Waals surface area contributed by atoms with Crippen LogP contribution in [0, 0.1) is 29.6 Å². The van der Waals surface area contributed by atoms with Gasteiger partial charge in [0.15, 0.2) is 23.1 Å². The molecule has 0 saturated heterocycles. The number of para-hydroxylation sites is 2. The minimum atomic E-state index is -1.31. The number of carbonyl (C=O) groups is 20. The van der Waals surface area contributed by atoms with Crippen LogP contribution in [0.25, 0.3) is 0 Å². The predicted molar refractivity (Wildman–Crippen MR) is 550 cm³/mol. The number of unbranched alkanes of at least 4 members (excludes halogenated alkanes) is 3. The number of likely N-dealkylation sites (N-methyl/N-ethyl adjacent to an activating group) is 1. The third kappa shape index (κ3) is 49.7. The zero-order valence-corrected chi connectivity index (χ0v) is 84.0. The van der Waals surface area contributed by atoms with Gasteiger partial charge >= 0.3 is 6.03 Å². The van der Waals surface area contributed by atoms with Crippen LogP contribution in [0.1, 0.15) is 186 Å². The molecule has 147 heavy (non-hydrogen) atoms. The van der Waals surface area contributed by atoms with Crippen LogP contribution in [0.2, 0.25) is 0 Å². The van der Waals surface area contributed by atoms with E-state index >= 15 is 0 Å². The number of rotatable bonds is 65. The summed E-state index contributed by atoms with van der Waals surface area (Å²) in [5.74, 6) is -15.0. The van der Waals surface area contributed by atoms with Crippen molar-refractivity contribution in [1.82, 2.24) is 47.4 Å². The van der Waals surface area contributed by atoms with Crippen LogP contribution in [0.5, 0.6) is 5.75 Å². The summed E-state index contributed by atoms with van der Waals surface area (Å²) < 4.78 is 5.88. The first-order valence-electron chi connectivity index (χ1n) is 48.5. The first kappa shape index (κ1) is 126. The summed E-state index contributed by atoms with van der Waals surface area (Å²) in [4.78, 5) is 249. The van der Waals surface area contributed by atoms with E-state index in [2.05, 4.69) is 56.4 Å². The zero-order chi connectivity index (χ0) is 110. The molecule has 0 aromatic heterocycles. The summed E-state index contributed by atoms with van der Waals surface area (Å²) >= 11 is 0. The van der Waals surface area contributed by atoms with Crippen molar-refractivity contribution in [1.29, 1.82) is 0 Å². The highest BCUT2D eigenvalue weighted by Crippen LogP contribution is 2.26. The Hall–Kier alpha value is -15.3. The number of Topliss-reactive ketones (excluding diaryl/α,β-unsaturated/α-hetero) is 4. The van der Waals surface area contributed by atoms with E-state index in [1.807, 2.05) is 97.1 Å². The summed E-state index contributed by atoms with van der Waals surface area (Å²) in [7, 11) is 1.42. The maximum Gasteiger partial charge on any atom is 0.315 e. The van der Waals surface area contributed by atoms with Gasteiger partial charge in [-0.25, -0.2) is 4.79 Å². The molecule has 0 heterocycles. The molecule has 17 amide bonds. The minimum Gasteiger partial charge on any atom is -0.493 e. The normalized spacial score (nSPS) is 13.4. The molecular formula is C103H148N22O22. The van der Waals surface area contributed by atoms with Crippen LogP contribution in [0.3, 0.4) is 0 Å². The van der Waals surface area contributed by atoms with Crippen LogP contribution >= 0.6 is 0 Å². The number of nitrogens with two attached hydrogens (primary N) is 13. The third-order valence-electron chi connectivity index (χ3n) is 23.2. The Labute approximate surface area is 855 Å². The van der Waals surface area contributed by atoms with E-state index in [-0.39, 0.29) is 86.4 Å². The number of hydrogen-bond acceptors (Lipinski definition) is 27. The fourth-order valence-electron chi connectivity index (χ4n) is 15.0. The number of carbonyl (C=O) groups excluding carboxylic acids is 20. The van der Waals surface area contributed by atoms with Crippen LogP contribution in [-0.4, -0.2) is 229 Å². The van der Waals surface area contributed by atoms with E-state index in [1.165, 1.54) is 18.9 Å². The van der Waals surface area contributed by atoms with Crippen LogP contribution in [0.15, 0.2) is 170 Å². The molecule has 44 nitrogen and oxygen atoms in total. The summed E-state index contributed by atoms with van der Waals surface area (Å²) in [5, 5.41) is 29.8. The van der Waals surface area contributed by atoms with Crippen LogP contribution in [0.4, 0.5) is 10.5 Å². The van der Waals surface area contributed by atoms with Crippen LogP contribution in [-0.2, 0) is 107 Å². The molecule has 0 radical (unpaired) electrons. The standard InChI is InChI=1S/C32H45N5O6.C24H38N6O6.C24H29N5O5.C23H36N6O5/c1-21(2)15-17-43-28-14-7-6-13-24(28)32(42)36-25(18-22-10-4-3-5-11-22)27(38)19-23(12-8-9-16-33)31(41)37-26(30(35)40)20-29(34)39;1-30(24(36)17(26)14-31)19(11-15-7-3-2-4-8-15)20(32)12-16(9-5-6-10-25)23(35)29-18(22(28)34)13-21(27)33;1-14(23(33)29-19(22(27)32)13-21(26)31)11-20(30)18(12-15-7-3-2-4-8-15)28-24(34)16-9-5-6-10-17(16)25;1-2-27-23(34)29-17(12-15-8-4-3-5-9-15)19(30)13-16(10-6-7-11-24)22(33)28-18(21(26)32)14-20(25)31/h3-7,10-11,13-14,21,23,25-26H,8-9,12,15-20,33H2,1-2H3,(H2,34,39)(H2,35,40)(H,36,42)(H,37,41);2-4,7-8,16-19,31H,5-6,9-14,25-26H2,1H3,(H2,27,33)(H2,28,34)(H,29,35);2-10,14,18-19H,11-13,25H2,1H3,(H2,26,31)(H2,27,32)(H,28,34)(H,29,33);3-5,8-9,16-18H,2,6-7,10-14,24H2,1H3,(H2,25,31)(H2,26,32)(H,28,33)(H2,27,29,34)/t23-,25+,26+;16-,17+,18+,19+;14-,18+,19+;16-,17+,18+/m1111/s1. The van der Waals surface area contributed by atoms with Crippen molar-refractivity contribution in [2.45, 2.75) is 223 Å². The zero-order valence-electron chi connectivity index (χ0n) is 84.0. The van der Waals surface area contributed by atoms with E-state index in [1.54, 1.807) is 79.7 Å². The number of ketones is 4. The molecule has 13 atom stereocenters. The quantitative estimate of drug-likeness (QED) is 0.0168. The number of hydrogen-bond donors (Lipinski definition) is 22. The van der Waals surface area contributed by atoms with Crippen molar-refractivity contribution < 1.29 is 106 Å². The molecule has 0 saturated carbocycles. The number of nitrogens with one attached hydrogen (secondary N) is 8. The molecule has 0 aliphatic heterocycles. The number of amides is 17. The van der Waals surface area contributed by atoms with Gasteiger partial charge in [-0.05, 0) is 150 Å². The van der Waals surface area contributed by atoms with Gasteiger partial charge in [0.1, 0.15) is 36.0 Å². The lowest BCUT2D eigenvalue weighted by Crippen LogP contribution is -2.52. The third-order valence-corrected chi connectivity index (χ3v) is 23.2. The minimum absolute atomic E-state index is 0.169. The van der Waals surface area contributed by atoms with E-state index in [9.17, 15) is 101 Å². The Morgan fingerprint density at radius 2 is 0.667 bits per heavy atom. The van der Waals surface area contributed by atoms with Crippen molar-refractivity contribution in [2.24, 2.45) is 98.4 Å². The highest BCUT2D eigenvalue weighted by Gasteiger charge is 2.38. The Morgan fingerprint density at radius 1 is 0.354 bits per heavy atom. The lowest BCUT2D eigenvalue weighted by Gasteiger charge is -2.30. The summed E-state index contributed by atoms with van der Waals surface area (Å²) in [6.45, 7) is 8.86. The highest BCUT2D eigenvalue weighted by atomic mass is 16.5. The van der Waals surface area contributed by atoms with Crippen molar-refractivity contribution >= 4 is 123 Å². The molecule has 0 spiro atoms. The number of nitrogens with zero attached hydrogens (tertiary/aromatic N) is 1. The molecule has 6 aromatic rings. The molecule has 802 valence electrons. The molecule has 0 aliphatic rings. The Morgan fingerprint density at radius 3 is 1.00 bits per heavy atom. The number of aliphatic hydroxyl groups is 1. The molecule has 44 heteroatoms. The Bertz CT molecular complexity index is 5280. The Balaban J connectivity index is 0.000000506. The lowest BCUT2D eigenvalue weighted by atomic mass is 9.89. The van der Waals surface area contributed by atoms with Crippen molar-refractivity contribution in [3.8, 4) is 5.75 Å². The summed E-state index contributed by atoms with van der Waals surface area (Å²) in [6.07, 6.45) is 3.38. The largest absolute Gasteiger partial charge is 0.493 e. The number of primary amides is 8. The summed E-state index contributed by atoms with van der Waals surface area (Å²) in [6, 6.07) is 39.3. The fraction of sp³-hybridized carbons (Fsp3) is 0.456. The van der Waals surface area contributed by atoms with Gasteiger partial charge in [-0.3, -0.25) is 91.1 Å². The molecule has 35 N–H and O–H groups in total. The second-order valence-electron chi connectivity index (χ2n) is 35.8. The maximum atomic E-state index is 13.8. The average molecular weight is 2050 g/mol. The molecule has 6 rings (SSSR count). The lowest BCUT2D eigenvalue weighted by molar-refractivity contribution is -0.141. The van der Waals surface area contributed by atoms with E-state index in [4.69, 9.17) is 79.3 Å². The SMILES string of the molecule is CC(C)CCOc1ccccc1C(=O)N[C@@H](Cc1ccccc1)C(=O)C[C@@H](CCCCN)C(=O)N[C@@H](CC(N)=O)C(N)=O.CCNC(=O)N[C@@H](Cc1ccccc1)C(=O)C[C@@H](CCCCN)C(=O)N[C@@H](CC(N)=O)C(N)=O.CN(C(=O)[C@@H](N)CO)[C@@H](Cc1ccccc1)C(=O)C[C@@H](CCCCN)C(=O)N[C@@H](CC(N)=O)C(N)=O.C[C@H](CC(=O)[C@H](Cc1ccccc1)NC(=O)c1ccccc1N)C(=O)N[C@@H](CC(N)=O)C(N)=O. The fourth-order valence-corrected chi connectivity index (χ4v) is 15.0. The van der Waals surface area contributed by atoms with Crippen molar-refractivity contribution in [2.75, 3.05) is 52.2 Å². The number of ether oxygens (including phenoxy) is 1. The van der Waals surface area contributed by atoms with Crippen molar-refractivity contribution in [3.05, 3.63) is 203 Å². The molecule has 0 fully saturated rings. The smallest absolute Gasteiger partial charge is 0.315 e. The van der Waals surface area contributed by atoms with Gasteiger partial charge in [-0.1, -0.05) is 186 Å². The number of anilines is 1. The van der Waals surface area contributed by atoms with Gasteiger partial charge in [-0.15, -0.1) is 0 Å². The topological polar surface area (TPSA) is 809 Å². The first-order valence-corrected chi connectivity index (χ1v) is 48.5. The maximum absolute atomic E-state index is 13.8. The van der Waals surface area contributed by atoms with E-state index < -0.39 is 211 Å². The number of aliphatic hydroxyl groups excluding tert-OH is 1. The highest BCUT2D eigenvalue weighted by molar-refractivity contribution is 6.04. The van der Waals surface area contributed by atoms with Gasteiger partial charge in [0, 0.05) is 68.6 Å². The number of nitrogen functional groups attached to an aromatic ring is 1. The molecular weight excluding hydrogens is 1900 g/mol. The number of benzene rings is 6. The molecule has 0 bridgehead atoms. The van der Waals surface area contributed by atoms with Gasteiger partial charge < -0.3 is 132 Å². The summed E-state index contributed by atoms with van der Waals surface area (Å²) in [5.41, 5.74) is 74.1. The van der Waals surface area contributed by atoms with Crippen LogP contribution < -0.4 is 122 Å². The number of urea groups is 1. The van der Waals surface area contributed by atoms with E-state index in [0.29, 0.717) is 101 Å². The predicted octanol–water partition coefficient (Wildman–Crippen LogP) is -0.554. The molecule has 0 aliphatic carbocycles. The van der Waals surface area contributed by atoms with Gasteiger partial charge in [0.2, 0.25) is 76.8 Å². The van der Waals surface area contributed by atoms with Gasteiger partial charge in [-0.2, -0.15) is 0 Å². The van der Waals surface area contributed by atoms with Gasteiger partial charge in [0.25, 0.3) is 11.8 Å². The molecule has 0 unspecified atom stereocenters. The Kier molecular flexibility index (Phi) is 59.0. The molecule has 6 aromatic carbocycles. The first-order chi connectivity index (χ1) is 69.8. The average Bonchev–Trinajstić information content (AvgIpc) is 0.839. The van der Waals surface area contributed by atoms with Crippen molar-refractivity contribution in [3.63, 3.8) is 0 Å².